The van der Waals surface area contributed by atoms with Gasteiger partial charge in [-0.15, -0.1) is 0 Å². The second-order valence-corrected chi connectivity index (χ2v) is 12.7. The zero-order chi connectivity index (χ0) is 33.0. The molecule has 2 amide bonds. The SMILES string of the molecule is Nc1ncc2c3c1c(-c1ccc(C(=O)Nc4cc(C(F)(F)F)ccn4)cc1)nn3[C@@H]1CCC[C@H](C1)C(=O)NCCCCCCCCC2. The quantitative estimate of drug-likeness (QED) is 0.212. The zero-order valence-corrected chi connectivity index (χ0v) is 26.3. The number of nitrogens with one attached hydrogen (secondary N) is 2. The van der Waals surface area contributed by atoms with Crippen molar-refractivity contribution >= 4 is 34.4 Å². The fourth-order valence-corrected chi connectivity index (χ4v) is 6.85. The van der Waals surface area contributed by atoms with Gasteiger partial charge in [-0.2, -0.15) is 18.3 Å². The third kappa shape index (κ3) is 7.41. The van der Waals surface area contributed by atoms with Crippen LogP contribution in [0, 0.1) is 5.92 Å². The van der Waals surface area contributed by atoms with E-state index < -0.39 is 17.6 Å². The Hall–Kier alpha value is -4.48. The molecule has 47 heavy (non-hydrogen) atoms. The molecule has 6 rings (SSSR count). The minimum atomic E-state index is -4.55. The Balaban J connectivity index is 1.33. The highest BCUT2D eigenvalue weighted by atomic mass is 19.4. The number of amides is 2. The van der Waals surface area contributed by atoms with Crippen molar-refractivity contribution in [2.24, 2.45) is 5.92 Å². The lowest BCUT2D eigenvalue weighted by Gasteiger charge is -2.29. The molecule has 1 fully saturated rings. The van der Waals surface area contributed by atoms with E-state index in [9.17, 15) is 22.8 Å². The van der Waals surface area contributed by atoms with Crippen LogP contribution in [0.5, 0.6) is 0 Å². The molecule has 248 valence electrons. The van der Waals surface area contributed by atoms with Gasteiger partial charge in [-0.05, 0) is 68.4 Å². The molecule has 1 aliphatic carbocycles. The van der Waals surface area contributed by atoms with E-state index in [1.807, 2.05) is 6.20 Å². The number of anilines is 2. The minimum Gasteiger partial charge on any atom is -0.383 e. The van der Waals surface area contributed by atoms with E-state index in [1.54, 1.807) is 24.3 Å². The third-order valence-electron chi connectivity index (χ3n) is 9.36. The summed E-state index contributed by atoms with van der Waals surface area (Å²) in [5.41, 5.74) is 9.28. The lowest BCUT2D eigenvalue weighted by atomic mass is 9.85. The number of nitrogens with zero attached hydrogens (tertiary/aromatic N) is 4. The van der Waals surface area contributed by atoms with Crippen molar-refractivity contribution in [3.8, 4) is 11.3 Å². The Kier molecular flexibility index (Phi) is 9.74. The van der Waals surface area contributed by atoms with Gasteiger partial charge >= 0.3 is 6.18 Å². The smallest absolute Gasteiger partial charge is 0.383 e. The average Bonchev–Trinajstić information content (AvgIpc) is 3.48. The largest absolute Gasteiger partial charge is 0.416 e. The van der Waals surface area contributed by atoms with Crippen molar-refractivity contribution in [1.29, 1.82) is 0 Å². The molecule has 4 N–H and O–H groups in total. The predicted molar refractivity (Wildman–Crippen MR) is 175 cm³/mol. The second kappa shape index (κ2) is 14.1. The third-order valence-corrected chi connectivity index (χ3v) is 9.36. The zero-order valence-electron chi connectivity index (χ0n) is 26.3. The lowest BCUT2D eigenvalue weighted by Crippen LogP contribution is -2.35. The van der Waals surface area contributed by atoms with Crippen molar-refractivity contribution in [1.82, 2.24) is 25.1 Å². The van der Waals surface area contributed by atoms with Crippen LogP contribution in [0.25, 0.3) is 22.2 Å². The number of carbonyl (C=O) groups excluding carboxylic acids is 2. The van der Waals surface area contributed by atoms with Crippen molar-refractivity contribution in [2.75, 3.05) is 17.6 Å². The highest BCUT2D eigenvalue weighted by molar-refractivity contribution is 6.05. The van der Waals surface area contributed by atoms with Crippen molar-refractivity contribution in [3.05, 3.63) is 65.5 Å². The van der Waals surface area contributed by atoms with Crippen LogP contribution in [0.15, 0.2) is 48.8 Å². The standard InChI is InChI=1S/C35H40F3N7O2/c36-35(37,38)26-16-18-40-28(20-26)43-34(47)23-14-12-22(13-15-23)30-29-31-25(21-42-32(29)39)9-6-4-2-1-3-5-7-17-41-33(46)24-10-8-11-27(19-24)45(31)44-30/h12-16,18,20-21,24,27H,1-11,17,19H2,(H2,39,42)(H,41,46)(H,40,43,47)/t24-,27-/m1/s1. The number of aryl methyl sites for hydroxylation is 1. The highest BCUT2D eigenvalue weighted by Crippen LogP contribution is 2.40. The van der Waals surface area contributed by atoms with Gasteiger partial charge in [0.25, 0.3) is 5.91 Å². The number of alkyl halides is 3. The van der Waals surface area contributed by atoms with E-state index in [1.165, 1.54) is 12.8 Å². The fraction of sp³-hybridized carbons (Fsp3) is 0.457. The summed E-state index contributed by atoms with van der Waals surface area (Å²) in [5.74, 6) is -0.390. The molecule has 4 heterocycles. The summed E-state index contributed by atoms with van der Waals surface area (Å²) in [4.78, 5) is 34.5. The maximum absolute atomic E-state index is 13.1. The van der Waals surface area contributed by atoms with Crippen molar-refractivity contribution in [2.45, 2.75) is 89.3 Å². The minimum absolute atomic E-state index is 0.0111. The molecule has 0 radical (unpaired) electrons. The number of fused-ring (bicyclic) bond motifs is 3. The Morgan fingerprint density at radius 3 is 2.47 bits per heavy atom. The topological polar surface area (TPSA) is 128 Å². The van der Waals surface area contributed by atoms with Gasteiger partial charge in [0.1, 0.15) is 17.3 Å². The van der Waals surface area contributed by atoms with E-state index in [0.29, 0.717) is 24.5 Å². The molecule has 0 spiro atoms. The van der Waals surface area contributed by atoms with E-state index in [-0.39, 0.29) is 29.2 Å². The molecule has 9 nitrogen and oxygen atoms in total. The monoisotopic (exact) mass is 647 g/mol. The van der Waals surface area contributed by atoms with Crippen LogP contribution >= 0.6 is 0 Å². The van der Waals surface area contributed by atoms with Crippen LogP contribution in [0.3, 0.4) is 0 Å². The fourth-order valence-electron chi connectivity index (χ4n) is 6.85. The molecule has 3 aromatic heterocycles. The molecule has 0 unspecified atom stereocenters. The van der Waals surface area contributed by atoms with Crippen LogP contribution in [-0.4, -0.2) is 38.1 Å². The highest BCUT2D eigenvalue weighted by Gasteiger charge is 2.32. The molecule has 0 saturated heterocycles. The molecule has 2 atom stereocenters. The first kappa shape index (κ1) is 32.5. The van der Waals surface area contributed by atoms with Gasteiger partial charge in [0.2, 0.25) is 5.91 Å². The van der Waals surface area contributed by atoms with E-state index in [0.717, 1.165) is 98.1 Å². The number of hydrogen-bond acceptors (Lipinski definition) is 6. The Morgan fingerprint density at radius 2 is 1.70 bits per heavy atom. The molecule has 1 saturated carbocycles. The summed E-state index contributed by atoms with van der Waals surface area (Å²) in [6.07, 6.45) is 10.3. The average molecular weight is 648 g/mol. The van der Waals surface area contributed by atoms with Crippen LogP contribution < -0.4 is 16.4 Å². The maximum atomic E-state index is 13.1. The number of aromatic nitrogens is 4. The van der Waals surface area contributed by atoms with Crippen LogP contribution in [0.1, 0.15) is 98.2 Å². The molecule has 2 aliphatic rings. The predicted octanol–water partition coefficient (Wildman–Crippen LogP) is 7.48. The molecule has 1 aliphatic heterocycles. The summed E-state index contributed by atoms with van der Waals surface area (Å²) in [5, 5.41) is 11.5. The summed E-state index contributed by atoms with van der Waals surface area (Å²) in [6, 6.07) is 8.36. The summed E-state index contributed by atoms with van der Waals surface area (Å²) in [6.45, 7) is 0.714. The van der Waals surface area contributed by atoms with Gasteiger partial charge in [0.15, 0.2) is 0 Å². The summed E-state index contributed by atoms with van der Waals surface area (Å²) < 4.78 is 41.5. The van der Waals surface area contributed by atoms with Crippen molar-refractivity contribution < 1.29 is 22.8 Å². The van der Waals surface area contributed by atoms with Crippen molar-refractivity contribution in [3.63, 3.8) is 0 Å². The van der Waals surface area contributed by atoms with Gasteiger partial charge in [0, 0.05) is 36.0 Å². The Labute approximate surface area is 271 Å². The Bertz CT molecular complexity index is 1740. The van der Waals surface area contributed by atoms with Gasteiger partial charge in [0.05, 0.1) is 22.5 Å². The number of hydrogen-bond donors (Lipinski definition) is 3. The number of carbonyl (C=O) groups is 2. The van der Waals surface area contributed by atoms with Gasteiger partial charge < -0.3 is 16.4 Å². The molecular weight excluding hydrogens is 607 g/mol. The number of pyridine rings is 2. The number of halogens is 3. The van der Waals surface area contributed by atoms with Gasteiger partial charge in [-0.25, -0.2) is 9.97 Å². The number of benzene rings is 1. The van der Waals surface area contributed by atoms with Crippen LogP contribution in [-0.2, 0) is 17.4 Å². The number of nitrogens with two attached hydrogens (primary N) is 1. The van der Waals surface area contributed by atoms with Crippen LogP contribution in [0.4, 0.5) is 24.8 Å². The molecule has 12 heteroatoms. The first-order valence-electron chi connectivity index (χ1n) is 16.6. The summed E-state index contributed by atoms with van der Waals surface area (Å²) in [7, 11) is 0. The normalized spacial score (nSPS) is 19.9. The first-order chi connectivity index (χ1) is 22.7. The van der Waals surface area contributed by atoms with E-state index in [4.69, 9.17) is 10.8 Å². The molecule has 2 bridgehead atoms. The molecule has 1 aromatic carbocycles. The second-order valence-electron chi connectivity index (χ2n) is 12.7. The first-order valence-corrected chi connectivity index (χ1v) is 16.6. The lowest BCUT2D eigenvalue weighted by molar-refractivity contribution is -0.137. The van der Waals surface area contributed by atoms with E-state index in [2.05, 4.69) is 25.3 Å². The summed E-state index contributed by atoms with van der Waals surface area (Å²) >= 11 is 0. The molecule has 4 aromatic rings. The Morgan fingerprint density at radius 1 is 0.957 bits per heavy atom. The molecular formula is C35H40F3N7O2. The number of nitrogen functional groups attached to an aromatic ring is 1. The van der Waals surface area contributed by atoms with Gasteiger partial charge in [-0.3, -0.25) is 14.3 Å². The van der Waals surface area contributed by atoms with Gasteiger partial charge in [-0.1, -0.05) is 50.7 Å². The number of rotatable bonds is 3. The maximum Gasteiger partial charge on any atom is 0.416 e. The van der Waals surface area contributed by atoms with Crippen LogP contribution in [0.2, 0.25) is 0 Å². The van der Waals surface area contributed by atoms with E-state index >= 15 is 0 Å².